The van der Waals surface area contributed by atoms with Crippen LogP contribution < -0.4 is 10.6 Å². The number of rotatable bonds is 6. The maximum atomic E-state index is 13.9. The number of para-hydroxylation sites is 1. The highest BCUT2D eigenvalue weighted by Gasteiger charge is 2.32. The summed E-state index contributed by atoms with van der Waals surface area (Å²) in [6.45, 7) is 1.02. The second kappa shape index (κ2) is 6.75. The van der Waals surface area contributed by atoms with Gasteiger partial charge in [0.1, 0.15) is 12.4 Å². The van der Waals surface area contributed by atoms with Crippen LogP contribution >= 0.6 is 0 Å². The number of nitrogens with two attached hydrogens (primary N) is 1. The first-order valence-electron chi connectivity index (χ1n) is 6.18. The van der Waals surface area contributed by atoms with Crippen LogP contribution in [-0.2, 0) is 6.42 Å². The summed E-state index contributed by atoms with van der Waals surface area (Å²) in [6, 6.07) is 4.28. The highest BCUT2D eigenvalue weighted by molar-refractivity contribution is 5.55. The third-order valence-corrected chi connectivity index (χ3v) is 2.66. The molecule has 0 radical (unpaired) electrons. The molecular weight excluding hydrogens is 260 g/mol. The van der Waals surface area contributed by atoms with Crippen LogP contribution in [0.4, 0.5) is 23.2 Å². The van der Waals surface area contributed by atoms with Gasteiger partial charge in [0.25, 0.3) is 0 Å². The van der Waals surface area contributed by atoms with Gasteiger partial charge in [0.15, 0.2) is 0 Å². The molecule has 19 heavy (non-hydrogen) atoms. The highest BCUT2D eigenvalue weighted by atomic mass is 19.4. The molecule has 1 aromatic rings. The van der Waals surface area contributed by atoms with Gasteiger partial charge in [0.2, 0.25) is 0 Å². The Labute approximate surface area is 110 Å². The molecule has 0 saturated carbocycles. The van der Waals surface area contributed by atoms with Gasteiger partial charge >= 0.3 is 6.18 Å². The van der Waals surface area contributed by atoms with E-state index in [0.717, 1.165) is 4.90 Å². The highest BCUT2D eigenvalue weighted by Crippen LogP contribution is 2.28. The topological polar surface area (TPSA) is 29.3 Å². The predicted molar refractivity (Wildman–Crippen MR) is 67.7 cm³/mol. The maximum absolute atomic E-state index is 13.9. The summed E-state index contributed by atoms with van der Waals surface area (Å²) in [7, 11) is 0. The van der Waals surface area contributed by atoms with Gasteiger partial charge in [-0.2, -0.15) is 13.2 Å². The number of halogens is 4. The van der Waals surface area contributed by atoms with Crippen molar-refractivity contribution in [3.05, 3.63) is 29.6 Å². The van der Waals surface area contributed by atoms with E-state index in [2.05, 4.69) is 0 Å². The summed E-state index contributed by atoms with van der Waals surface area (Å²) < 4.78 is 51.6. The molecule has 0 unspecified atom stereocenters. The van der Waals surface area contributed by atoms with Gasteiger partial charge in [-0.05, 0) is 31.0 Å². The summed E-state index contributed by atoms with van der Waals surface area (Å²) >= 11 is 0. The summed E-state index contributed by atoms with van der Waals surface area (Å²) in [5.74, 6) is -0.636. The second-order valence-electron chi connectivity index (χ2n) is 4.32. The Hall–Kier alpha value is -1.30. The Bertz CT molecular complexity index is 404. The summed E-state index contributed by atoms with van der Waals surface area (Å²) in [5, 5.41) is 0. The predicted octanol–water partition coefficient (Wildman–Crippen LogP) is 3.11. The minimum absolute atomic E-state index is 0.0205. The van der Waals surface area contributed by atoms with Gasteiger partial charge in [-0.15, -0.1) is 0 Å². The zero-order valence-electron chi connectivity index (χ0n) is 10.8. The van der Waals surface area contributed by atoms with E-state index in [4.69, 9.17) is 5.73 Å². The molecule has 0 aromatic heterocycles. The molecule has 0 atom stereocenters. The van der Waals surface area contributed by atoms with Gasteiger partial charge in [0.05, 0.1) is 5.69 Å². The van der Waals surface area contributed by atoms with Crippen molar-refractivity contribution in [3.8, 4) is 0 Å². The van der Waals surface area contributed by atoms with Crippen LogP contribution in [0.5, 0.6) is 0 Å². The third-order valence-electron chi connectivity index (χ3n) is 2.66. The van der Waals surface area contributed by atoms with Gasteiger partial charge in [0, 0.05) is 6.54 Å². The minimum Gasteiger partial charge on any atom is -0.360 e. The standard InChI is InChI=1S/C13H18F4N2/c1-2-8-19(9-13(15,16)17)12-10(6-7-18)4-3-5-11(12)14/h3-5H,2,6-9,18H2,1H3. The van der Waals surface area contributed by atoms with Crippen molar-refractivity contribution in [2.24, 2.45) is 5.73 Å². The van der Waals surface area contributed by atoms with Crippen molar-refractivity contribution in [2.45, 2.75) is 25.9 Å². The molecule has 2 N–H and O–H groups in total. The van der Waals surface area contributed by atoms with Gasteiger partial charge < -0.3 is 10.6 Å². The lowest BCUT2D eigenvalue weighted by Crippen LogP contribution is -2.36. The average Bonchev–Trinajstić information content (AvgIpc) is 2.27. The molecule has 0 fully saturated rings. The van der Waals surface area contributed by atoms with Crippen molar-refractivity contribution in [1.29, 1.82) is 0 Å². The Morgan fingerprint density at radius 1 is 1.26 bits per heavy atom. The van der Waals surface area contributed by atoms with E-state index >= 15 is 0 Å². The Morgan fingerprint density at radius 2 is 1.95 bits per heavy atom. The van der Waals surface area contributed by atoms with Gasteiger partial charge in [-0.3, -0.25) is 0 Å². The van der Waals surface area contributed by atoms with E-state index in [0.29, 0.717) is 18.4 Å². The van der Waals surface area contributed by atoms with Crippen LogP contribution in [0.15, 0.2) is 18.2 Å². The van der Waals surface area contributed by atoms with Gasteiger partial charge in [-0.25, -0.2) is 4.39 Å². The van der Waals surface area contributed by atoms with Crippen molar-refractivity contribution in [3.63, 3.8) is 0 Å². The number of nitrogens with zero attached hydrogens (tertiary/aromatic N) is 1. The molecule has 0 amide bonds. The van der Waals surface area contributed by atoms with E-state index in [1.165, 1.54) is 12.1 Å². The maximum Gasteiger partial charge on any atom is 0.405 e. The van der Waals surface area contributed by atoms with E-state index in [1.807, 2.05) is 0 Å². The molecule has 0 aliphatic carbocycles. The molecule has 108 valence electrons. The van der Waals surface area contributed by atoms with Crippen molar-refractivity contribution >= 4 is 5.69 Å². The summed E-state index contributed by atoms with van der Waals surface area (Å²) in [4.78, 5) is 1.04. The zero-order chi connectivity index (χ0) is 14.5. The van der Waals surface area contributed by atoms with Crippen LogP contribution in [0, 0.1) is 5.82 Å². The van der Waals surface area contributed by atoms with Crippen LogP contribution in [0.2, 0.25) is 0 Å². The SMILES string of the molecule is CCCN(CC(F)(F)F)c1c(F)cccc1CCN. The first kappa shape index (κ1) is 15.8. The summed E-state index contributed by atoms with van der Waals surface area (Å²) in [6.07, 6.45) is -3.50. The molecule has 1 rings (SSSR count). The van der Waals surface area contributed by atoms with E-state index in [1.54, 1.807) is 13.0 Å². The normalized spacial score (nSPS) is 11.7. The van der Waals surface area contributed by atoms with Crippen molar-refractivity contribution < 1.29 is 17.6 Å². The fourth-order valence-corrected chi connectivity index (χ4v) is 2.03. The molecule has 0 saturated heterocycles. The largest absolute Gasteiger partial charge is 0.405 e. The Kier molecular flexibility index (Phi) is 5.60. The molecule has 1 aromatic carbocycles. The number of hydrogen-bond donors (Lipinski definition) is 1. The number of hydrogen-bond acceptors (Lipinski definition) is 2. The lowest BCUT2D eigenvalue weighted by molar-refractivity contribution is -0.119. The molecule has 2 nitrogen and oxygen atoms in total. The fraction of sp³-hybridized carbons (Fsp3) is 0.538. The van der Waals surface area contributed by atoms with Gasteiger partial charge in [-0.1, -0.05) is 19.1 Å². The van der Waals surface area contributed by atoms with Crippen molar-refractivity contribution in [2.75, 3.05) is 24.5 Å². The Morgan fingerprint density at radius 3 is 2.47 bits per heavy atom. The second-order valence-corrected chi connectivity index (χ2v) is 4.32. The quantitative estimate of drug-likeness (QED) is 0.810. The molecule has 0 heterocycles. The fourth-order valence-electron chi connectivity index (χ4n) is 2.03. The molecule has 6 heteroatoms. The van der Waals surface area contributed by atoms with Crippen molar-refractivity contribution in [1.82, 2.24) is 0 Å². The lowest BCUT2D eigenvalue weighted by Gasteiger charge is -2.28. The van der Waals surface area contributed by atoms with E-state index < -0.39 is 18.5 Å². The number of alkyl halides is 3. The van der Waals surface area contributed by atoms with E-state index in [9.17, 15) is 17.6 Å². The van der Waals surface area contributed by atoms with E-state index in [-0.39, 0.29) is 18.8 Å². The van der Waals surface area contributed by atoms with Crippen LogP contribution in [0.3, 0.4) is 0 Å². The van der Waals surface area contributed by atoms with Crippen LogP contribution in [0.1, 0.15) is 18.9 Å². The zero-order valence-corrected chi connectivity index (χ0v) is 10.8. The smallest absolute Gasteiger partial charge is 0.360 e. The molecular formula is C13H18F4N2. The number of anilines is 1. The molecule has 0 aliphatic heterocycles. The minimum atomic E-state index is -4.36. The molecule has 0 spiro atoms. The monoisotopic (exact) mass is 278 g/mol. The first-order chi connectivity index (χ1) is 8.89. The third kappa shape index (κ3) is 4.70. The average molecular weight is 278 g/mol. The summed E-state index contributed by atoms with van der Waals surface area (Å²) in [5.41, 5.74) is 5.95. The molecule has 0 bridgehead atoms. The first-order valence-corrected chi connectivity index (χ1v) is 6.18. The Balaban J connectivity index is 3.13. The molecule has 0 aliphatic rings. The number of benzene rings is 1. The van der Waals surface area contributed by atoms with Crippen LogP contribution in [0.25, 0.3) is 0 Å². The van der Waals surface area contributed by atoms with Crippen LogP contribution in [-0.4, -0.2) is 25.8 Å². The lowest BCUT2D eigenvalue weighted by atomic mass is 10.1.